The maximum atomic E-state index is 12.3. The van der Waals surface area contributed by atoms with Crippen LogP contribution in [0.15, 0.2) is 72.8 Å². The molecule has 0 unspecified atom stereocenters. The van der Waals surface area contributed by atoms with Gasteiger partial charge in [0.25, 0.3) is 0 Å². The summed E-state index contributed by atoms with van der Waals surface area (Å²) in [7, 11) is 2.92. The summed E-state index contributed by atoms with van der Waals surface area (Å²) in [5, 5.41) is 0. The largest absolute Gasteiger partial charge is 0.493 e. The van der Waals surface area contributed by atoms with Gasteiger partial charge in [-0.1, -0.05) is 54.1 Å². The number of allylic oxidation sites excluding steroid dienone is 1. The molecule has 0 N–H and O–H groups in total. The first-order chi connectivity index (χ1) is 15.0. The number of hydrogen-bond acceptors (Lipinski definition) is 5. The Bertz CT molecular complexity index is 1080. The number of ether oxygens (including phenoxy) is 3. The first kappa shape index (κ1) is 21.8. The highest BCUT2D eigenvalue weighted by Crippen LogP contribution is 2.29. The number of benzene rings is 3. The van der Waals surface area contributed by atoms with Crippen LogP contribution < -0.4 is 9.47 Å². The van der Waals surface area contributed by atoms with E-state index in [-0.39, 0.29) is 11.8 Å². The topological polar surface area (TPSA) is 61.8 Å². The van der Waals surface area contributed by atoms with Gasteiger partial charge in [-0.2, -0.15) is 0 Å². The van der Waals surface area contributed by atoms with Crippen molar-refractivity contribution >= 4 is 17.8 Å². The Labute approximate surface area is 181 Å². The minimum absolute atomic E-state index is 0.0605. The van der Waals surface area contributed by atoms with E-state index in [0.29, 0.717) is 29.2 Å². The number of aryl methyl sites for hydroxylation is 1. The fourth-order valence-corrected chi connectivity index (χ4v) is 2.91. The fourth-order valence-electron chi connectivity index (χ4n) is 2.91. The van der Waals surface area contributed by atoms with Crippen molar-refractivity contribution < 1.29 is 23.8 Å². The van der Waals surface area contributed by atoms with Crippen molar-refractivity contribution in [2.45, 2.75) is 13.5 Å². The summed E-state index contributed by atoms with van der Waals surface area (Å²) in [6.45, 7) is 2.30. The fraction of sp³-hybridized carbons (Fsp3) is 0.154. The SMILES string of the molecule is COC(=O)c1ccc(COc2ccc(/C=C/C(=O)c3ccc(C)cc3)cc2OC)cc1. The van der Waals surface area contributed by atoms with Gasteiger partial charge in [-0.3, -0.25) is 4.79 Å². The third kappa shape index (κ3) is 5.82. The second-order valence-electron chi connectivity index (χ2n) is 6.95. The molecule has 0 atom stereocenters. The number of hydrogen-bond donors (Lipinski definition) is 0. The van der Waals surface area contributed by atoms with Crippen LogP contribution in [0.4, 0.5) is 0 Å². The van der Waals surface area contributed by atoms with Crippen LogP contribution in [0.3, 0.4) is 0 Å². The zero-order valence-electron chi connectivity index (χ0n) is 17.8. The molecule has 3 aromatic carbocycles. The molecular weight excluding hydrogens is 392 g/mol. The van der Waals surface area contributed by atoms with Crippen molar-refractivity contribution in [3.63, 3.8) is 0 Å². The lowest BCUT2D eigenvalue weighted by Crippen LogP contribution is -2.02. The molecule has 0 amide bonds. The quantitative estimate of drug-likeness (QED) is 0.285. The van der Waals surface area contributed by atoms with E-state index in [1.807, 2.05) is 55.5 Å². The van der Waals surface area contributed by atoms with Gasteiger partial charge in [0.15, 0.2) is 17.3 Å². The maximum Gasteiger partial charge on any atom is 0.337 e. The highest BCUT2D eigenvalue weighted by molar-refractivity contribution is 6.06. The van der Waals surface area contributed by atoms with Crippen molar-refractivity contribution in [1.82, 2.24) is 0 Å². The van der Waals surface area contributed by atoms with Gasteiger partial charge in [-0.25, -0.2) is 4.79 Å². The molecule has 158 valence electrons. The van der Waals surface area contributed by atoms with Crippen LogP contribution >= 0.6 is 0 Å². The molecule has 5 nitrogen and oxygen atoms in total. The van der Waals surface area contributed by atoms with Gasteiger partial charge < -0.3 is 14.2 Å². The first-order valence-corrected chi connectivity index (χ1v) is 9.77. The van der Waals surface area contributed by atoms with E-state index in [2.05, 4.69) is 0 Å². The molecule has 0 aromatic heterocycles. The van der Waals surface area contributed by atoms with Crippen LogP contribution in [-0.4, -0.2) is 26.0 Å². The number of rotatable bonds is 8. The van der Waals surface area contributed by atoms with E-state index in [1.165, 1.54) is 7.11 Å². The summed E-state index contributed by atoms with van der Waals surface area (Å²) in [6.07, 6.45) is 3.29. The van der Waals surface area contributed by atoms with Crippen molar-refractivity contribution in [1.29, 1.82) is 0 Å². The van der Waals surface area contributed by atoms with Gasteiger partial charge >= 0.3 is 5.97 Å². The van der Waals surface area contributed by atoms with Crippen molar-refractivity contribution in [3.8, 4) is 11.5 Å². The van der Waals surface area contributed by atoms with Gasteiger partial charge in [0.2, 0.25) is 0 Å². The summed E-state index contributed by atoms with van der Waals surface area (Å²) in [5.41, 5.74) is 3.97. The van der Waals surface area contributed by atoms with Crippen molar-refractivity contribution in [2.24, 2.45) is 0 Å². The predicted molar refractivity (Wildman–Crippen MR) is 120 cm³/mol. The number of esters is 1. The molecule has 3 aromatic rings. The molecule has 0 aliphatic heterocycles. The number of methoxy groups -OCH3 is 2. The Kier molecular flexibility index (Phi) is 7.22. The van der Waals surface area contributed by atoms with Crippen LogP contribution in [0, 0.1) is 6.92 Å². The zero-order chi connectivity index (χ0) is 22.2. The van der Waals surface area contributed by atoms with Crippen molar-refractivity contribution in [2.75, 3.05) is 14.2 Å². The van der Waals surface area contributed by atoms with E-state index in [0.717, 1.165) is 16.7 Å². The van der Waals surface area contributed by atoms with Crippen LogP contribution in [0.25, 0.3) is 6.08 Å². The standard InChI is InChI=1S/C26H24O5/c1-18-4-10-21(11-5-18)23(27)14-8-19-9-15-24(25(16-19)29-2)31-17-20-6-12-22(13-7-20)26(28)30-3/h4-16H,17H2,1-3H3/b14-8+. The Hall–Kier alpha value is -3.86. The number of carbonyl (C=O) groups is 2. The Morgan fingerprint density at radius 1 is 0.839 bits per heavy atom. The molecule has 0 aliphatic rings. The first-order valence-electron chi connectivity index (χ1n) is 9.77. The van der Waals surface area contributed by atoms with Gasteiger partial charge in [-0.15, -0.1) is 0 Å². The third-order valence-corrected chi connectivity index (χ3v) is 4.72. The molecule has 0 bridgehead atoms. The highest BCUT2D eigenvalue weighted by Gasteiger charge is 2.08. The molecule has 0 saturated carbocycles. The Morgan fingerprint density at radius 3 is 2.16 bits per heavy atom. The van der Waals surface area contributed by atoms with E-state index >= 15 is 0 Å². The minimum Gasteiger partial charge on any atom is -0.493 e. The van der Waals surface area contributed by atoms with E-state index < -0.39 is 0 Å². The van der Waals surface area contributed by atoms with E-state index in [1.54, 1.807) is 37.5 Å². The average molecular weight is 416 g/mol. The number of ketones is 1. The second kappa shape index (κ2) is 10.3. The van der Waals surface area contributed by atoms with Crippen LogP contribution in [-0.2, 0) is 11.3 Å². The summed E-state index contributed by atoms with van der Waals surface area (Å²) >= 11 is 0. The van der Waals surface area contributed by atoms with Crippen LogP contribution in [0.1, 0.15) is 37.4 Å². The molecule has 0 spiro atoms. The van der Waals surface area contributed by atoms with Crippen LogP contribution in [0.5, 0.6) is 11.5 Å². The zero-order valence-corrected chi connectivity index (χ0v) is 17.8. The molecule has 0 saturated heterocycles. The summed E-state index contributed by atoms with van der Waals surface area (Å²) < 4.78 is 16.0. The van der Waals surface area contributed by atoms with Gasteiger partial charge in [0.05, 0.1) is 19.8 Å². The molecular formula is C26H24O5. The number of carbonyl (C=O) groups excluding carboxylic acids is 2. The molecule has 0 aliphatic carbocycles. The smallest absolute Gasteiger partial charge is 0.337 e. The Balaban J connectivity index is 1.66. The second-order valence-corrected chi connectivity index (χ2v) is 6.95. The summed E-state index contributed by atoms with van der Waals surface area (Å²) in [5.74, 6) is 0.714. The lowest BCUT2D eigenvalue weighted by Gasteiger charge is -2.11. The molecule has 3 rings (SSSR count). The van der Waals surface area contributed by atoms with Gasteiger partial charge in [-0.05, 0) is 48.4 Å². The molecule has 0 heterocycles. The third-order valence-electron chi connectivity index (χ3n) is 4.72. The van der Waals surface area contributed by atoms with E-state index in [9.17, 15) is 9.59 Å². The van der Waals surface area contributed by atoms with E-state index in [4.69, 9.17) is 14.2 Å². The predicted octanol–water partition coefficient (Wildman–Crippen LogP) is 5.27. The minimum atomic E-state index is -0.376. The maximum absolute atomic E-state index is 12.3. The molecule has 0 fully saturated rings. The van der Waals surface area contributed by atoms with Gasteiger partial charge in [0, 0.05) is 5.56 Å². The highest BCUT2D eigenvalue weighted by atomic mass is 16.5. The Morgan fingerprint density at radius 2 is 1.52 bits per heavy atom. The molecule has 31 heavy (non-hydrogen) atoms. The monoisotopic (exact) mass is 416 g/mol. The molecule has 0 radical (unpaired) electrons. The average Bonchev–Trinajstić information content (AvgIpc) is 2.81. The lowest BCUT2D eigenvalue weighted by atomic mass is 10.1. The lowest BCUT2D eigenvalue weighted by molar-refractivity contribution is 0.0600. The van der Waals surface area contributed by atoms with Crippen molar-refractivity contribution in [3.05, 3.63) is 101 Å². The summed E-state index contributed by atoms with van der Waals surface area (Å²) in [4.78, 5) is 23.8. The summed E-state index contributed by atoms with van der Waals surface area (Å²) in [6, 6.07) is 20.0. The molecule has 5 heteroatoms. The normalized spacial score (nSPS) is 10.7. The van der Waals surface area contributed by atoms with Gasteiger partial charge in [0.1, 0.15) is 6.61 Å². The van der Waals surface area contributed by atoms with Crippen LogP contribution in [0.2, 0.25) is 0 Å².